The minimum absolute atomic E-state index is 0.0685. The van der Waals surface area contributed by atoms with E-state index in [1.807, 2.05) is 30.3 Å². The van der Waals surface area contributed by atoms with Crippen LogP contribution in [-0.4, -0.2) is 62.4 Å². The molecule has 5 nitrogen and oxygen atoms in total. The van der Waals surface area contributed by atoms with Crippen molar-refractivity contribution in [2.24, 2.45) is 5.41 Å². The van der Waals surface area contributed by atoms with Crippen molar-refractivity contribution >= 4 is 44.8 Å². The van der Waals surface area contributed by atoms with Gasteiger partial charge in [0.15, 0.2) is 0 Å². The van der Waals surface area contributed by atoms with Crippen LogP contribution in [-0.2, 0) is 4.74 Å². The van der Waals surface area contributed by atoms with Crippen molar-refractivity contribution in [2.75, 3.05) is 51.3 Å². The Morgan fingerprint density at radius 2 is 1.85 bits per heavy atom. The van der Waals surface area contributed by atoms with E-state index in [0.717, 1.165) is 67.2 Å². The number of rotatable bonds is 6. The number of methoxy groups -OCH3 is 1. The topological polar surface area (TPSA) is 53.0 Å². The van der Waals surface area contributed by atoms with Crippen LogP contribution in [0.25, 0.3) is 5.57 Å². The maximum absolute atomic E-state index is 11.9. The van der Waals surface area contributed by atoms with Crippen LogP contribution in [0.4, 0.5) is 5.69 Å². The van der Waals surface area contributed by atoms with Gasteiger partial charge in [0.2, 0.25) is 0 Å². The van der Waals surface area contributed by atoms with E-state index >= 15 is 0 Å². The van der Waals surface area contributed by atoms with E-state index in [0.29, 0.717) is 5.56 Å². The van der Waals surface area contributed by atoms with Crippen molar-refractivity contribution in [1.29, 1.82) is 0 Å². The lowest BCUT2D eigenvalue weighted by Crippen LogP contribution is -2.47. The Morgan fingerprint density at radius 3 is 2.47 bits per heavy atom. The number of hydrogen-bond acceptors (Lipinski definition) is 5. The monoisotopic (exact) mass is 546 g/mol. The van der Waals surface area contributed by atoms with Crippen molar-refractivity contribution in [3.8, 4) is 0 Å². The molecule has 1 aliphatic carbocycles. The van der Waals surface area contributed by atoms with Gasteiger partial charge in [-0.1, -0.05) is 36.2 Å². The second-order valence-corrected chi connectivity index (χ2v) is 10.9. The van der Waals surface area contributed by atoms with Crippen LogP contribution in [0.2, 0.25) is 5.02 Å². The molecule has 2 aromatic rings. The summed E-state index contributed by atoms with van der Waals surface area (Å²) in [5, 5.41) is 10.7. The van der Waals surface area contributed by atoms with E-state index in [1.54, 1.807) is 0 Å². The number of carbonyl (C=O) groups is 1. The molecule has 1 heterocycles. The summed E-state index contributed by atoms with van der Waals surface area (Å²) in [5.74, 6) is -0.335. The molecule has 2 aromatic carbocycles. The molecule has 1 saturated heterocycles. The van der Waals surface area contributed by atoms with Gasteiger partial charge in [0.1, 0.15) is 0 Å². The van der Waals surface area contributed by atoms with Crippen LogP contribution in [0, 0.1) is 5.41 Å². The molecule has 0 saturated carbocycles. The van der Waals surface area contributed by atoms with E-state index in [1.165, 1.54) is 23.8 Å². The summed E-state index contributed by atoms with van der Waals surface area (Å²) in [4.78, 5) is 16.8. The first-order valence-corrected chi connectivity index (χ1v) is 12.9. The third-order valence-corrected chi connectivity index (χ3v) is 8.05. The highest BCUT2D eigenvalue weighted by atomic mass is 79.9. The van der Waals surface area contributed by atoms with Crippen LogP contribution >= 0.6 is 27.5 Å². The standard InChI is InChI=1S/C27H32BrClN2O3/c1-27(18-32)10-9-20(24(16-27)19-3-5-21(29)6-4-19)17-30-11-13-31(14-12-30)22-7-8-23(25(28)15-22)26(33)34-2/h3-8,15,32H,9-14,16-18H2,1-2H3. The zero-order valence-corrected chi connectivity index (χ0v) is 22.2. The Bertz CT molecular complexity index is 1060. The van der Waals surface area contributed by atoms with E-state index in [9.17, 15) is 9.90 Å². The fourth-order valence-electron chi connectivity index (χ4n) is 4.92. The van der Waals surface area contributed by atoms with Crippen molar-refractivity contribution in [1.82, 2.24) is 4.90 Å². The average molecular weight is 548 g/mol. The number of benzene rings is 2. The Hall–Kier alpha value is -1.86. The fourth-order valence-corrected chi connectivity index (χ4v) is 5.58. The van der Waals surface area contributed by atoms with E-state index in [-0.39, 0.29) is 18.0 Å². The number of anilines is 1. The largest absolute Gasteiger partial charge is 0.465 e. The van der Waals surface area contributed by atoms with Gasteiger partial charge in [-0.15, -0.1) is 0 Å². The second-order valence-electron chi connectivity index (χ2n) is 9.65. The molecule has 0 spiro atoms. The van der Waals surface area contributed by atoms with E-state index in [4.69, 9.17) is 16.3 Å². The summed E-state index contributed by atoms with van der Waals surface area (Å²) in [6.45, 7) is 7.17. The van der Waals surface area contributed by atoms with Crippen molar-refractivity contribution in [3.05, 3.63) is 68.7 Å². The molecule has 1 atom stereocenters. The second kappa shape index (κ2) is 10.8. The Labute approximate surface area is 215 Å². The zero-order chi connectivity index (χ0) is 24.3. The normalized spacial score (nSPS) is 21.6. The van der Waals surface area contributed by atoms with Gasteiger partial charge in [-0.25, -0.2) is 4.79 Å². The maximum atomic E-state index is 11.9. The van der Waals surface area contributed by atoms with Gasteiger partial charge in [-0.05, 0) is 82.1 Å². The quantitative estimate of drug-likeness (QED) is 0.474. The van der Waals surface area contributed by atoms with Gasteiger partial charge in [-0.2, -0.15) is 0 Å². The van der Waals surface area contributed by atoms with Crippen LogP contribution in [0.15, 0.2) is 52.5 Å². The lowest BCUT2D eigenvalue weighted by atomic mass is 9.71. The van der Waals surface area contributed by atoms with Crippen molar-refractivity contribution < 1.29 is 14.6 Å². The summed E-state index contributed by atoms with van der Waals surface area (Å²) >= 11 is 9.65. The lowest BCUT2D eigenvalue weighted by Gasteiger charge is -2.40. The van der Waals surface area contributed by atoms with Crippen LogP contribution in [0.3, 0.4) is 0 Å². The van der Waals surface area contributed by atoms with Crippen LogP contribution in [0.1, 0.15) is 42.1 Å². The highest BCUT2D eigenvalue weighted by molar-refractivity contribution is 9.10. The molecule has 1 unspecified atom stereocenters. The van der Waals surface area contributed by atoms with Gasteiger partial charge in [-0.3, -0.25) is 4.90 Å². The van der Waals surface area contributed by atoms with E-state index in [2.05, 4.69) is 44.8 Å². The van der Waals surface area contributed by atoms with Gasteiger partial charge in [0.25, 0.3) is 0 Å². The highest BCUT2D eigenvalue weighted by Gasteiger charge is 2.32. The Morgan fingerprint density at radius 1 is 1.15 bits per heavy atom. The van der Waals surface area contributed by atoms with Crippen molar-refractivity contribution in [2.45, 2.75) is 26.2 Å². The minimum Gasteiger partial charge on any atom is -0.465 e. The first kappa shape index (κ1) is 25.2. The third kappa shape index (κ3) is 5.68. The SMILES string of the molecule is COC(=O)c1ccc(N2CCN(CC3=C(c4ccc(Cl)cc4)CC(C)(CO)CC3)CC2)cc1Br. The number of piperazine rings is 1. The number of hydrogen-bond donors (Lipinski definition) is 1. The average Bonchev–Trinajstić information content (AvgIpc) is 2.85. The summed E-state index contributed by atoms with van der Waals surface area (Å²) in [7, 11) is 1.40. The smallest absolute Gasteiger partial charge is 0.339 e. The maximum Gasteiger partial charge on any atom is 0.339 e. The molecule has 2 aliphatic rings. The number of allylic oxidation sites excluding steroid dienone is 1. The molecule has 34 heavy (non-hydrogen) atoms. The van der Waals surface area contributed by atoms with Crippen molar-refractivity contribution in [3.63, 3.8) is 0 Å². The number of aliphatic hydroxyl groups is 1. The summed E-state index contributed by atoms with van der Waals surface area (Å²) in [6, 6.07) is 13.9. The molecule has 1 fully saturated rings. The predicted molar refractivity (Wildman–Crippen MR) is 142 cm³/mol. The fraction of sp³-hybridized carbons (Fsp3) is 0.444. The Balaban J connectivity index is 1.46. The molecule has 0 radical (unpaired) electrons. The van der Waals surface area contributed by atoms with E-state index < -0.39 is 0 Å². The molecule has 182 valence electrons. The summed E-state index contributed by atoms with van der Waals surface area (Å²) in [6.07, 6.45) is 2.91. The lowest BCUT2D eigenvalue weighted by molar-refractivity contribution is 0.0599. The van der Waals surface area contributed by atoms with Crippen LogP contribution < -0.4 is 4.90 Å². The first-order chi connectivity index (χ1) is 16.3. The number of halogens is 2. The minimum atomic E-state index is -0.335. The highest BCUT2D eigenvalue weighted by Crippen LogP contribution is 2.43. The number of ether oxygens (including phenoxy) is 1. The molecule has 1 aliphatic heterocycles. The molecule has 0 amide bonds. The molecule has 7 heteroatoms. The molecular formula is C27H32BrClN2O3. The number of nitrogens with zero attached hydrogens (tertiary/aromatic N) is 2. The first-order valence-electron chi connectivity index (χ1n) is 11.7. The molecule has 4 rings (SSSR count). The number of aliphatic hydroxyl groups excluding tert-OH is 1. The van der Waals surface area contributed by atoms with Gasteiger partial charge < -0.3 is 14.7 Å². The van der Waals surface area contributed by atoms with Gasteiger partial charge in [0, 0.05) is 54.5 Å². The third-order valence-electron chi connectivity index (χ3n) is 7.14. The number of carbonyl (C=O) groups excluding carboxylic acids is 1. The number of esters is 1. The summed E-state index contributed by atoms with van der Waals surface area (Å²) in [5.41, 5.74) is 5.64. The van der Waals surface area contributed by atoms with Gasteiger partial charge >= 0.3 is 5.97 Å². The van der Waals surface area contributed by atoms with Crippen LogP contribution in [0.5, 0.6) is 0 Å². The Kier molecular flexibility index (Phi) is 8.03. The molecular weight excluding hydrogens is 516 g/mol. The zero-order valence-electron chi connectivity index (χ0n) is 19.8. The molecule has 1 N–H and O–H groups in total. The summed E-state index contributed by atoms with van der Waals surface area (Å²) < 4.78 is 5.60. The van der Waals surface area contributed by atoms with Gasteiger partial charge in [0.05, 0.1) is 12.7 Å². The molecule has 0 bridgehead atoms. The predicted octanol–water partition coefficient (Wildman–Crippen LogP) is 5.65. The molecule has 0 aromatic heterocycles.